The van der Waals surface area contributed by atoms with Crippen LogP contribution in [0.1, 0.15) is 30.0 Å². The van der Waals surface area contributed by atoms with Crippen molar-refractivity contribution in [3.05, 3.63) is 53.3 Å². The van der Waals surface area contributed by atoms with Gasteiger partial charge in [0.05, 0.1) is 6.20 Å². The van der Waals surface area contributed by atoms with E-state index in [2.05, 4.69) is 54.7 Å². The lowest BCUT2D eigenvalue weighted by molar-refractivity contribution is 0.470. The van der Waals surface area contributed by atoms with Crippen molar-refractivity contribution in [1.29, 1.82) is 0 Å². The maximum absolute atomic E-state index is 4.28. The summed E-state index contributed by atoms with van der Waals surface area (Å²) in [6.45, 7) is 6.51. The third-order valence-corrected chi connectivity index (χ3v) is 3.79. The van der Waals surface area contributed by atoms with Crippen LogP contribution in [0.25, 0.3) is 0 Å². The average molecular weight is 285 g/mol. The summed E-state index contributed by atoms with van der Waals surface area (Å²) in [5.74, 6) is 0.614. The van der Waals surface area contributed by atoms with E-state index in [0.717, 1.165) is 25.9 Å². The van der Waals surface area contributed by atoms with E-state index in [1.54, 1.807) is 0 Å². The molecule has 0 aliphatic carbocycles. The highest BCUT2D eigenvalue weighted by Gasteiger charge is 2.12. The molecule has 0 aliphatic rings. The normalized spacial score (nSPS) is 12.5. The maximum Gasteiger partial charge on any atom is 0.0521 e. The minimum atomic E-state index is 0.614. The zero-order chi connectivity index (χ0) is 15.1. The molecule has 1 N–H and O–H groups in total. The second-order valence-electron chi connectivity index (χ2n) is 5.99. The first-order valence-corrected chi connectivity index (χ1v) is 7.91. The molecule has 0 radical (unpaired) electrons. The summed E-state index contributed by atoms with van der Waals surface area (Å²) in [6.07, 6.45) is 7.50. The Morgan fingerprint density at radius 1 is 1.14 bits per heavy atom. The maximum atomic E-state index is 4.28. The summed E-state index contributed by atoms with van der Waals surface area (Å²) in [4.78, 5) is 0. The van der Waals surface area contributed by atoms with Crippen LogP contribution in [0.5, 0.6) is 0 Å². The Bertz CT molecular complexity index is 528. The molecule has 0 amide bonds. The van der Waals surface area contributed by atoms with Crippen LogP contribution < -0.4 is 5.32 Å². The molecule has 2 aromatic rings. The molecule has 3 heteroatoms. The van der Waals surface area contributed by atoms with Crippen LogP contribution in [0.4, 0.5) is 0 Å². The summed E-state index contributed by atoms with van der Waals surface area (Å²) in [5, 5.41) is 7.85. The first-order valence-electron chi connectivity index (χ1n) is 7.91. The van der Waals surface area contributed by atoms with Gasteiger partial charge in [0.2, 0.25) is 0 Å². The number of hydrogen-bond acceptors (Lipinski definition) is 2. The smallest absolute Gasteiger partial charge is 0.0521 e. The quantitative estimate of drug-likeness (QED) is 0.755. The fourth-order valence-corrected chi connectivity index (χ4v) is 2.67. The zero-order valence-corrected chi connectivity index (χ0v) is 13.5. The van der Waals surface area contributed by atoms with Crippen molar-refractivity contribution in [2.45, 2.75) is 33.1 Å². The molecule has 1 aromatic carbocycles. The van der Waals surface area contributed by atoms with E-state index in [0.29, 0.717) is 5.92 Å². The number of aromatic nitrogens is 2. The number of rotatable bonds is 8. The molecule has 0 aliphatic heterocycles. The summed E-state index contributed by atoms with van der Waals surface area (Å²) in [5.41, 5.74) is 4.08. The van der Waals surface area contributed by atoms with Gasteiger partial charge in [-0.3, -0.25) is 4.68 Å². The van der Waals surface area contributed by atoms with Crippen LogP contribution in [0.15, 0.2) is 36.7 Å². The third-order valence-electron chi connectivity index (χ3n) is 3.79. The first kappa shape index (κ1) is 15.8. The van der Waals surface area contributed by atoms with Crippen molar-refractivity contribution in [3.63, 3.8) is 0 Å². The van der Waals surface area contributed by atoms with E-state index in [9.17, 15) is 0 Å². The molecular weight excluding hydrogens is 258 g/mol. The summed E-state index contributed by atoms with van der Waals surface area (Å²) in [6, 6.07) is 8.92. The van der Waals surface area contributed by atoms with E-state index in [1.165, 1.54) is 23.1 Å². The predicted molar refractivity (Wildman–Crippen MR) is 88.4 cm³/mol. The highest BCUT2D eigenvalue weighted by atomic mass is 15.2. The van der Waals surface area contributed by atoms with Gasteiger partial charge < -0.3 is 5.32 Å². The fraction of sp³-hybridized carbons (Fsp3) is 0.500. The molecule has 1 aromatic heterocycles. The van der Waals surface area contributed by atoms with E-state index >= 15 is 0 Å². The van der Waals surface area contributed by atoms with Gasteiger partial charge in [0.15, 0.2) is 0 Å². The second-order valence-corrected chi connectivity index (χ2v) is 5.99. The van der Waals surface area contributed by atoms with Crippen LogP contribution in [-0.4, -0.2) is 22.9 Å². The van der Waals surface area contributed by atoms with Crippen LogP contribution in [0.2, 0.25) is 0 Å². The minimum absolute atomic E-state index is 0.614. The molecule has 0 fully saturated rings. The highest BCUT2D eigenvalue weighted by molar-refractivity contribution is 5.22. The van der Waals surface area contributed by atoms with Crippen molar-refractivity contribution >= 4 is 0 Å². The van der Waals surface area contributed by atoms with Gasteiger partial charge in [-0.15, -0.1) is 0 Å². The molecule has 114 valence electrons. The largest absolute Gasteiger partial charge is 0.316 e. The Morgan fingerprint density at radius 3 is 2.48 bits per heavy atom. The molecule has 1 unspecified atom stereocenters. The summed E-state index contributed by atoms with van der Waals surface area (Å²) in [7, 11) is 1.98. The van der Waals surface area contributed by atoms with Gasteiger partial charge in [-0.1, -0.05) is 36.8 Å². The minimum Gasteiger partial charge on any atom is -0.316 e. The van der Waals surface area contributed by atoms with Gasteiger partial charge in [-0.25, -0.2) is 0 Å². The number of benzene rings is 1. The van der Waals surface area contributed by atoms with Crippen LogP contribution in [-0.2, 0) is 19.9 Å². The van der Waals surface area contributed by atoms with Crippen LogP contribution >= 0.6 is 0 Å². The molecule has 0 saturated carbocycles. The molecule has 21 heavy (non-hydrogen) atoms. The molecule has 0 bridgehead atoms. The highest BCUT2D eigenvalue weighted by Crippen LogP contribution is 2.15. The Kier molecular flexibility index (Phi) is 6.00. The standard InChI is InChI=1S/C18H27N3/c1-4-9-19-12-17(11-18-13-20-21(3)14-18)10-16-7-5-15(2)6-8-16/h5-8,13-14,17,19H,4,9-12H2,1-3H3. The first-order chi connectivity index (χ1) is 10.2. The SMILES string of the molecule is CCCNCC(Cc1ccc(C)cc1)Cc1cnn(C)c1. The van der Waals surface area contributed by atoms with Crippen molar-refractivity contribution in [3.8, 4) is 0 Å². The number of nitrogens with zero attached hydrogens (tertiary/aromatic N) is 2. The molecule has 0 spiro atoms. The van der Waals surface area contributed by atoms with Crippen molar-refractivity contribution in [1.82, 2.24) is 15.1 Å². The van der Waals surface area contributed by atoms with Crippen molar-refractivity contribution in [2.24, 2.45) is 13.0 Å². The predicted octanol–water partition coefficient (Wildman–Crippen LogP) is 3.13. The lowest BCUT2D eigenvalue weighted by atomic mass is 9.93. The summed E-state index contributed by atoms with van der Waals surface area (Å²) < 4.78 is 1.89. The van der Waals surface area contributed by atoms with Crippen LogP contribution in [0, 0.1) is 12.8 Å². The summed E-state index contributed by atoms with van der Waals surface area (Å²) >= 11 is 0. The van der Waals surface area contributed by atoms with Crippen molar-refractivity contribution in [2.75, 3.05) is 13.1 Å². The third kappa shape index (κ3) is 5.35. The molecular formula is C18H27N3. The Morgan fingerprint density at radius 2 is 1.86 bits per heavy atom. The molecule has 1 heterocycles. The Labute approximate surface area is 128 Å². The average Bonchev–Trinajstić information content (AvgIpc) is 2.87. The molecule has 2 rings (SSSR count). The lowest BCUT2D eigenvalue weighted by Gasteiger charge is -2.17. The van der Waals surface area contributed by atoms with Gasteiger partial charge in [-0.2, -0.15) is 5.10 Å². The molecule has 3 nitrogen and oxygen atoms in total. The fourth-order valence-electron chi connectivity index (χ4n) is 2.67. The molecule has 1 atom stereocenters. The van der Waals surface area contributed by atoms with E-state index in [4.69, 9.17) is 0 Å². The Balaban J connectivity index is 1.98. The topological polar surface area (TPSA) is 29.9 Å². The Hall–Kier alpha value is -1.61. The monoisotopic (exact) mass is 285 g/mol. The number of nitrogens with one attached hydrogen (secondary N) is 1. The van der Waals surface area contributed by atoms with Gasteiger partial charge in [0.1, 0.15) is 0 Å². The van der Waals surface area contributed by atoms with Crippen molar-refractivity contribution < 1.29 is 0 Å². The van der Waals surface area contributed by atoms with E-state index in [-0.39, 0.29) is 0 Å². The second kappa shape index (κ2) is 7.99. The number of aryl methyl sites for hydroxylation is 2. The van der Waals surface area contributed by atoms with E-state index in [1.807, 2.05) is 17.9 Å². The molecule has 0 saturated heterocycles. The van der Waals surface area contributed by atoms with Crippen LogP contribution in [0.3, 0.4) is 0 Å². The van der Waals surface area contributed by atoms with Gasteiger partial charge in [-0.05, 0) is 56.3 Å². The number of hydrogen-bond donors (Lipinski definition) is 1. The van der Waals surface area contributed by atoms with Gasteiger partial charge >= 0.3 is 0 Å². The lowest BCUT2D eigenvalue weighted by Crippen LogP contribution is -2.26. The van der Waals surface area contributed by atoms with E-state index < -0.39 is 0 Å². The zero-order valence-electron chi connectivity index (χ0n) is 13.5. The van der Waals surface area contributed by atoms with Gasteiger partial charge in [0.25, 0.3) is 0 Å². The van der Waals surface area contributed by atoms with Gasteiger partial charge in [0, 0.05) is 13.2 Å².